The second-order valence-electron chi connectivity index (χ2n) is 5.50. The van der Waals surface area contributed by atoms with Crippen LogP contribution in [0.25, 0.3) is 0 Å². The first-order valence-electron chi connectivity index (χ1n) is 7.34. The smallest absolute Gasteiger partial charge is 0.0984 e. The van der Waals surface area contributed by atoms with E-state index in [1.165, 1.54) is 0 Å². The molecule has 0 bridgehead atoms. The summed E-state index contributed by atoms with van der Waals surface area (Å²) in [7, 11) is 4.10. The summed E-state index contributed by atoms with van der Waals surface area (Å²) in [6, 6.07) is 19.8. The average molecular weight is 284 g/mol. The number of nitrogens with zero attached hydrogens (tertiary/aromatic N) is 1. The fourth-order valence-corrected chi connectivity index (χ4v) is 2.36. The van der Waals surface area contributed by atoms with E-state index in [1.54, 1.807) is 0 Å². The molecule has 0 aliphatic heterocycles. The Balaban J connectivity index is 2.15. The van der Waals surface area contributed by atoms with E-state index >= 15 is 0 Å². The Bertz CT molecular complexity index is 513. The highest BCUT2D eigenvalue weighted by molar-refractivity contribution is 5.26. The van der Waals surface area contributed by atoms with Crippen LogP contribution < -0.4 is 5.32 Å². The average Bonchev–Trinajstić information content (AvgIpc) is 2.52. The van der Waals surface area contributed by atoms with Crippen molar-refractivity contribution in [1.82, 2.24) is 10.2 Å². The maximum Gasteiger partial charge on any atom is 0.0984 e. The van der Waals surface area contributed by atoms with Crippen molar-refractivity contribution in [1.29, 1.82) is 0 Å². The van der Waals surface area contributed by atoms with E-state index in [2.05, 4.69) is 22.3 Å². The quantitative estimate of drug-likeness (QED) is 0.820. The number of likely N-dealkylation sites (N-methyl/N-ethyl adjacent to an activating group) is 1. The largest absolute Gasteiger partial charge is 0.386 e. The summed E-state index contributed by atoms with van der Waals surface area (Å²) in [4.78, 5) is 2.13. The Hall–Kier alpha value is -1.68. The van der Waals surface area contributed by atoms with Gasteiger partial charge in [0.2, 0.25) is 0 Å². The molecule has 0 radical (unpaired) electrons. The van der Waals surface area contributed by atoms with Gasteiger partial charge in [0.05, 0.1) is 12.1 Å². The first-order chi connectivity index (χ1) is 10.2. The van der Waals surface area contributed by atoms with E-state index in [4.69, 9.17) is 0 Å². The lowest BCUT2D eigenvalue weighted by molar-refractivity contribution is 0.127. The third kappa shape index (κ3) is 4.67. The Morgan fingerprint density at radius 3 is 1.95 bits per heavy atom. The van der Waals surface area contributed by atoms with Crippen LogP contribution >= 0.6 is 0 Å². The van der Waals surface area contributed by atoms with E-state index in [0.717, 1.165) is 24.2 Å². The Kier molecular flexibility index (Phi) is 5.93. The second kappa shape index (κ2) is 7.93. The van der Waals surface area contributed by atoms with Crippen LogP contribution in [-0.2, 0) is 0 Å². The summed E-state index contributed by atoms with van der Waals surface area (Å²) in [5.41, 5.74) is 2.04. The monoisotopic (exact) mass is 284 g/mol. The van der Waals surface area contributed by atoms with Crippen molar-refractivity contribution < 1.29 is 5.11 Å². The van der Waals surface area contributed by atoms with Gasteiger partial charge >= 0.3 is 0 Å². The van der Waals surface area contributed by atoms with Crippen molar-refractivity contribution in [2.75, 3.05) is 27.2 Å². The summed E-state index contributed by atoms with van der Waals surface area (Å²) in [5, 5.41) is 14.2. The van der Waals surface area contributed by atoms with Crippen molar-refractivity contribution in [3.63, 3.8) is 0 Å². The molecule has 0 fully saturated rings. The van der Waals surface area contributed by atoms with Crippen LogP contribution in [0.4, 0.5) is 0 Å². The Labute approximate surface area is 127 Å². The van der Waals surface area contributed by atoms with E-state index in [0.29, 0.717) is 0 Å². The topological polar surface area (TPSA) is 35.5 Å². The van der Waals surface area contributed by atoms with E-state index in [-0.39, 0.29) is 6.04 Å². The number of benzene rings is 2. The van der Waals surface area contributed by atoms with Gasteiger partial charge in [0.15, 0.2) is 0 Å². The molecule has 2 atom stereocenters. The van der Waals surface area contributed by atoms with Gasteiger partial charge in [0.1, 0.15) is 0 Å². The molecule has 0 saturated carbocycles. The molecule has 2 N–H and O–H groups in total. The zero-order chi connectivity index (χ0) is 15.1. The zero-order valence-electron chi connectivity index (χ0n) is 12.7. The molecule has 0 aliphatic rings. The number of hydrogen-bond donors (Lipinski definition) is 2. The number of rotatable bonds is 7. The van der Waals surface area contributed by atoms with Crippen LogP contribution in [0.5, 0.6) is 0 Å². The minimum Gasteiger partial charge on any atom is -0.386 e. The van der Waals surface area contributed by atoms with Gasteiger partial charge in [-0.25, -0.2) is 0 Å². The minimum atomic E-state index is -0.559. The van der Waals surface area contributed by atoms with E-state index in [9.17, 15) is 5.11 Å². The maximum absolute atomic E-state index is 10.7. The molecule has 0 aliphatic carbocycles. The van der Waals surface area contributed by atoms with Gasteiger partial charge in [0, 0.05) is 13.1 Å². The van der Waals surface area contributed by atoms with Crippen LogP contribution in [0.2, 0.25) is 0 Å². The van der Waals surface area contributed by atoms with Gasteiger partial charge in [0.25, 0.3) is 0 Å². The first-order valence-corrected chi connectivity index (χ1v) is 7.34. The maximum atomic E-state index is 10.7. The molecule has 2 rings (SSSR count). The lowest BCUT2D eigenvalue weighted by atomic mass is 9.96. The third-order valence-corrected chi connectivity index (χ3v) is 3.54. The summed E-state index contributed by atoms with van der Waals surface area (Å²) in [5.74, 6) is 0. The SMILES string of the molecule is CN(C)CCN[C@H](c1ccccc1)[C@@H](O)c1ccccc1. The summed E-state index contributed by atoms with van der Waals surface area (Å²) < 4.78 is 0. The predicted octanol–water partition coefficient (Wildman–Crippen LogP) is 2.61. The predicted molar refractivity (Wildman–Crippen MR) is 87.1 cm³/mol. The molecule has 3 heteroatoms. The van der Waals surface area contributed by atoms with Crippen LogP contribution in [0.15, 0.2) is 60.7 Å². The molecule has 112 valence electrons. The molecule has 3 nitrogen and oxygen atoms in total. The van der Waals surface area contributed by atoms with Crippen LogP contribution in [0.1, 0.15) is 23.3 Å². The van der Waals surface area contributed by atoms with Crippen LogP contribution in [0.3, 0.4) is 0 Å². The highest BCUT2D eigenvalue weighted by atomic mass is 16.3. The number of aliphatic hydroxyl groups is 1. The van der Waals surface area contributed by atoms with Gasteiger partial charge in [-0.1, -0.05) is 60.7 Å². The van der Waals surface area contributed by atoms with Crippen molar-refractivity contribution in [3.8, 4) is 0 Å². The normalized spacial score (nSPS) is 14.1. The van der Waals surface area contributed by atoms with Gasteiger partial charge in [-0.2, -0.15) is 0 Å². The summed E-state index contributed by atoms with van der Waals surface area (Å²) in [6.07, 6.45) is -0.559. The lowest BCUT2D eigenvalue weighted by Crippen LogP contribution is -2.33. The molecular weight excluding hydrogens is 260 g/mol. The molecule has 0 heterocycles. The van der Waals surface area contributed by atoms with Crippen LogP contribution in [-0.4, -0.2) is 37.2 Å². The molecule has 0 unspecified atom stereocenters. The van der Waals surface area contributed by atoms with E-state index in [1.807, 2.05) is 62.6 Å². The van der Waals surface area contributed by atoms with Crippen molar-refractivity contribution in [2.45, 2.75) is 12.1 Å². The Morgan fingerprint density at radius 1 is 0.905 bits per heavy atom. The van der Waals surface area contributed by atoms with Gasteiger partial charge in [-0.05, 0) is 25.2 Å². The third-order valence-electron chi connectivity index (χ3n) is 3.54. The molecular formula is C18H24N2O. The highest BCUT2D eigenvalue weighted by Crippen LogP contribution is 2.28. The molecule has 0 saturated heterocycles. The number of nitrogens with one attached hydrogen (secondary N) is 1. The van der Waals surface area contributed by atoms with E-state index < -0.39 is 6.10 Å². The van der Waals surface area contributed by atoms with Crippen LogP contribution in [0, 0.1) is 0 Å². The zero-order valence-corrected chi connectivity index (χ0v) is 12.7. The minimum absolute atomic E-state index is 0.103. The fraction of sp³-hybridized carbons (Fsp3) is 0.333. The van der Waals surface area contributed by atoms with Gasteiger partial charge in [-0.15, -0.1) is 0 Å². The summed E-state index contributed by atoms with van der Waals surface area (Å²) >= 11 is 0. The fourth-order valence-electron chi connectivity index (χ4n) is 2.36. The number of hydrogen-bond acceptors (Lipinski definition) is 3. The molecule has 21 heavy (non-hydrogen) atoms. The number of aliphatic hydroxyl groups excluding tert-OH is 1. The first kappa shape index (κ1) is 15.7. The molecule has 0 aromatic heterocycles. The van der Waals surface area contributed by atoms with Gasteiger partial charge in [-0.3, -0.25) is 0 Å². The Morgan fingerprint density at radius 2 is 1.43 bits per heavy atom. The molecule has 0 amide bonds. The van der Waals surface area contributed by atoms with Crippen molar-refractivity contribution in [2.24, 2.45) is 0 Å². The van der Waals surface area contributed by atoms with Crippen molar-refractivity contribution in [3.05, 3.63) is 71.8 Å². The standard InChI is InChI=1S/C18H24N2O/c1-20(2)14-13-19-17(15-9-5-3-6-10-15)18(21)16-11-7-4-8-12-16/h3-12,17-19,21H,13-14H2,1-2H3/t17-,18+/m1/s1. The molecule has 0 spiro atoms. The summed E-state index contributed by atoms with van der Waals surface area (Å²) in [6.45, 7) is 1.77. The second-order valence-corrected chi connectivity index (χ2v) is 5.50. The molecule has 2 aromatic rings. The lowest BCUT2D eigenvalue weighted by Gasteiger charge is -2.26. The highest BCUT2D eigenvalue weighted by Gasteiger charge is 2.21. The van der Waals surface area contributed by atoms with Crippen molar-refractivity contribution >= 4 is 0 Å². The van der Waals surface area contributed by atoms with Gasteiger partial charge < -0.3 is 15.3 Å². The molecule has 2 aromatic carbocycles.